The summed E-state index contributed by atoms with van der Waals surface area (Å²) in [6, 6.07) is 17.7. The van der Waals surface area contributed by atoms with Gasteiger partial charge in [0, 0.05) is 42.1 Å². The van der Waals surface area contributed by atoms with Gasteiger partial charge in [-0.15, -0.1) is 0 Å². The maximum atomic E-state index is 13.2. The van der Waals surface area contributed by atoms with Gasteiger partial charge in [0.1, 0.15) is 33.9 Å². The molecule has 2 aliphatic carbocycles. The minimum absolute atomic E-state index is 0.0954. The van der Waals surface area contributed by atoms with Gasteiger partial charge >= 0.3 is 5.97 Å². The van der Waals surface area contributed by atoms with Crippen molar-refractivity contribution in [2.24, 2.45) is 10.8 Å². The highest BCUT2D eigenvalue weighted by molar-refractivity contribution is 6.17. The van der Waals surface area contributed by atoms with Crippen LogP contribution in [-0.2, 0) is 19.2 Å². The van der Waals surface area contributed by atoms with Crippen LogP contribution in [0.3, 0.4) is 0 Å². The van der Waals surface area contributed by atoms with Crippen LogP contribution in [0.5, 0.6) is 17.2 Å². The smallest absolute Gasteiger partial charge is 0.319 e. The van der Waals surface area contributed by atoms with E-state index in [1.807, 2.05) is 12.1 Å². The lowest BCUT2D eigenvalue weighted by atomic mass is 10.0. The molecule has 258 valence electrons. The van der Waals surface area contributed by atoms with Crippen LogP contribution >= 0.6 is 0 Å². The van der Waals surface area contributed by atoms with Crippen LogP contribution in [0.4, 0.5) is 21.5 Å². The van der Waals surface area contributed by atoms with Crippen molar-refractivity contribution in [1.29, 1.82) is 0 Å². The van der Waals surface area contributed by atoms with Crippen LogP contribution in [0.15, 0.2) is 72.9 Å². The zero-order valence-electron chi connectivity index (χ0n) is 27.3. The van der Waals surface area contributed by atoms with Crippen molar-refractivity contribution in [2.75, 3.05) is 35.7 Å². The summed E-state index contributed by atoms with van der Waals surface area (Å²) in [6.45, 7) is 1.29. The topological polar surface area (TPSA) is 159 Å². The van der Waals surface area contributed by atoms with E-state index in [9.17, 15) is 28.7 Å². The second-order valence-corrected chi connectivity index (χ2v) is 13.1. The van der Waals surface area contributed by atoms with E-state index < -0.39 is 40.3 Å². The highest BCUT2D eigenvalue weighted by Gasteiger charge is 2.58. The maximum Gasteiger partial charge on any atom is 0.319 e. The van der Waals surface area contributed by atoms with Crippen molar-refractivity contribution in [3.8, 4) is 17.2 Å². The van der Waals surface area contributed by atoms with Crippen molar-refractivity contribution in [2.45, 2.75) is 44.6 Å². The molecular formula is C37H36FN5O7. The Morgan fingerprint density at radius 1 is 0.820 bits per heavy atom. The van der Waals surface area contributed by atoms with Crippen LogP contribution in [0.1, 0.15) is 38.5 Å². The number of rotatable bonds is 11. The van der Waals surface area contributed by atoms with Gasteiger partial charge in [-0.05, 0) is 105 Å². The number of halogens is 1. The Morgan fingerprint density at radius 2 is 1.42 bits per heavy atom. The van der Waals surface area contributed by atoms with Gasteiger partial charge in [0.15, 0.2) is 0 Å². The SMILES string of the molecule is COc1cc2c(Oc3ccc(NC(=O)C4(C(=O)Nc5ccc(F)cc5)CC4)cc3)ccnc2cc1N1CCC(NC(=O)C2(C(=O)O)CC2)CC1. The molecule has 2 saturated carbocycles. The predicted molar refractivity (Wildman–Crippen MR) is 183 cm³/mol. The zero-order chi connectivity index (χ0) is 35.0. The molecule has 2 heterocycles. The predicted octanol–water partition coefficient (Wildman–Crippen LogP) is 5.48. The second kappa shape index (κ2) is 13.0. The summed E-state index contributed by atoms with van der Waals surface area (Å²) < 4.78 is 25.2. The number of ether oxygens (including phenoxy) is 2. The number of hydrogen-bond donors (Lipinski definition) is 4. The van der Waals surface area contributed by atoms with Gasteiger partial charge in [-0.1, -0.05) is 0 Å². The van der Waals surface area contributed by atoms with E-state index in [0.29, 0.717) is 85.8 Å². The number of aromatic nitrogens is 1. The lowest BCUT2D eigenvalue weighted by Crippen LogP contribution is -2.48. The minimum atomic E-state index is -1.25. The number of carboxylic acids is 1. The fraction of sp³-hybridized carbons (Fsp3) is 0.324. The van der Waals surface area contributed by atoms with Gasteiger partial charge in [-0.3, -0.25) is 24.2 Å². The van der Waals surface area contributed by atoms with Gasteiger partial charge in [0.05, 0.1) is 18.3 Å². The molecule has 50 heavy (non-hydrogen) atoms. The normalized spacial score (nSPS) is 17.4. The Bertz CT molecular complexity index is 1970. The van der Waals surface area contributed by atoms with E-state index in [1.165, 1.54) is 24.3 Å². The average molecular weight is 682 g/mol. The lowest BCUT2D eigenvalue weighted by Gasteiger charge is -2.35. The molecule has 3 aliphatic rings. The molecule has 0 spiro atoms. The summed E-state index contributed by atoms with van der Waals surface area (Å²) in [5.74, 6) is -0.987. The zero-order valence-corrected chi connectivity index (χ0v) is 27.3. The summed E-state index contributed by atoms with van der Waals surface area (Å²) in [5.41, 5.74) is 0.0521. The summed E-state index contributed by atoms with van der Waals surface area (Å²) >= 11 is 0. The minimum Gasteiger partial charge on any atom is -0.495 e. The van der Waals surface area contributed by atoms with Crippen LogP contribution in [0.2, 0.25) is 0 Å². The molecule has 4 aromatic rings. The molecule has 1 saturated heterocycles. The summed E-state index contributed by atoms with van der Waals surface area (Å²) in [5, 5.41) is 18.6. The molecule has 3 aromatic carbocycles. The molecule has 13 heteroatoms. The van der Waals surface area contributed by atoms with E-state index in [4.69, 9.17) is 9.47 Å². The number of carbonyl (C=O) groups excluding carboxylic acids is 3. The number of anilines is 3. The van der Waals surface area contributed by atoms with Crippen molar-refractivity contribution in [3.05, 3.63) is 78.7 Å². The van der Waals surface area contributed by atoms with Crippen LogP contribution in [-0.4, -0.2) is 60.0 Å². The number of benzene rings is 3. The summed E-state index contributed by atoms with van der Waals surface area (Å²) in [6.07, 6.45) is 4.59. The number of nitrogens with one attached hydrogen (secondary N) is 3. The van der Waals surface area contributed by atoms with E-state index in [-0.39, 0.29) is 6.04 Å². The Balaban J connectivity index is 0.988. The monoisotopic (exact) mass is 681 g/mol. The Labute approximate surface area is 287 Å². The number of aliphatic carboxylic acids is 1. The standard InChI is InChI=1S/C37H36FN5O7/c1-49-31-20-27-28(21-29(31)43-18-11-25(12-19-43)42-34(46)37(15-16-37)35(47)48)39-17-10-30(27)50-26-8-6-24(7-9-26)41-33(45)36(13-14-36)32(44)40-23-4-2-22(38)3-5-23/h2-10,17,20-21,25H,11-16,18-19H2,1H3,(H,40,44)(H,41,45)(H,42,46)(H,47,48). The average Bonchev–Trinajstić information content (AvgIpc) is 4.05. The van der Waals surface area contributed by atoms with Gasteiger partial charge in [-0.2, -0.15) is 0 Å². The lowest BCUT2D eigenvalue weighted by molar-refractivity contribution is -0.149. The fourth-order valence-corrected chi connectivity index (χ4v) is 6.34. The van der Waals surface area contributed by atoms with E-state index >= 15 is 0 Å². The van der Waals surface area contributed by atoms with Crippen LogP contribution < -0.4 is 30.3 Å². The summed E-state index contributed by atoms with van der Waals surface area (Å²) in [7, 11) is 1.60. The Morgan fingerprint density at radius 3 is 1.98 bits per heavy atom. The number of fused-ring (bicyclic) bond motifs is 1. The molecule has 1 aromatic heterocycles. The molecule has 12 nitrogen and oxygen atoms in total. The Hall–Kier alpha value is -5.72. The number of nitrogens with zero attached hydrogens (tertiary/aromatic N) is 2. The van der Waals surface area contributed by atoms with Gasteiger partial charge in [-0.25, -0.2) is 4.39 Å². The third kappa shape index (κ3) is 6.38. The van der Waals surface area contributed by atoms with Crippen molar-refractivity contribution in [3.63, 3.8) is 0 Å². The quantitative estimate of drug-likeness (QED) is 0.150. The number of carbonyl (C=O) groups is 4. The maximum absolute atomic E-state index is 13.2. The molecule has 3 fully saturated rings. The molecule has 0 unspecified atom stereocenters. The third-order valence-electron chi connectivity index (χ3n) is 9.83. The molecule has 0 atom stereocenters. The molecular weight excluding hydrogens is 645 g/mol. The number of pyridine rings is 1. The molecule has 0 radical (unpaired) electrons. The molecule has 4 N–H and O–H groups in total. The number of methoxy groups -OCH3 is 1. The van der Waals surface area contributed by atoms with Crippen LogP contribution in [0, 0.1) is 16.6 Å². The first-order valence-corrected chi connectivity index (χ1v) is 16.5. The highest BCUT2D eigenvalue weighted by atomic mass is 19.1. The van der Waals surface area contributed by atoms with E-state index in [2.05, 4.69) is 25.8 Å². The molecule has 7 rings (SSSR count). The largest absolute Gasteiger partial charge is 0.495 e. The van der Waals surface area contributed by atoms with E-state index in [0.717, 1.165) is 11.1 Å². The molecule has 3 amide bonds. The number of piperidine rings is 1. The third-order valence-corrected chi connectivity index (χ3v) is 9.83. The first kappa shape index (κ1) is 32.8. The first-order valence-electron chi connectivity index (χ1n) is 16.5. The number of amides is 3. The van der Waals surface area contributed by atoms with E-state index in [1.54, 1.807) is 43.6 Å². The number of hydrogen-bond acceptors (Lipinski definition) is 8. The first-order chi connectivity index (χ1) is 24.1. The van der Waals surface area contributed by atoms with Gasteiger partial charge < -0.3 is 35.4 Å². The van der Waals surface area contributed by atoms with Crippen molar-refractivity contribution >= 4 is 51.7 Å². The fourth-order valence-electron chi connectivity index (χ4n) is 6.34. The van der Waals surface area contributed by atoms with Crippen molar-refractivity contribution in [1.82, 2.24) is 10.3 Å². The van der Waals surface area contributed by atoms with Crippen LogP contribution in [0.25, 0.3) is 10.9 Å². The second-order valence-electron chi connectivity index (χ2n) is 13.1. The Kier molecular flexibility index (Phi) is 8.50. The summed E-state index contributed by atoms with van der Waals surface area (Å²) in [4.78, 5) is 56.9. The van der Waals surface area contributed by atoms with Crippen molar-refractivity contribution < 1.29 is 38.1 Å². The van der Waals surface area contributed by atoms with Gasteiger partial charge in [0.25, 0.3) is 0 Å². The molecule has 1 aliphatic heterocycles. The van der Waals surface area contributed by atoms with Gasteiger partial charge in [0.2, 0.25) is 17.7 Å². The highest BCUT2D eigenvalue weighted by Crippen LogP contribution is 2.48. The number of carboxylic acid groups (broad SMARTS) is 1. The molecule has 0 bridgehead atoms.